The minimum absolute atomic E-state index is 0.0164. The van der Waals surface area contributed by atoms with Crippen molar-refractivity contribution in [1.29, 1.82) is 0 Å². The lowest BCUT2D eigenvalue weighted by Crippen LogP contribution is -2.42. The Kier molecular flexibility index (Phi) is 4.08. The van der Waals surface area contributed by atoms with Gasteiger partial charge >= 0.3 is 5.97 Å². The summed E-state index contributed by atoms with van der Waals surface area (Å²) in [7, 11) is 0. The fourth-order valence-corrected chi connectivity index (χ4v) is 1.66. The van der Waals surface area contributed by atoms with E-state index in [1.807, 2.05) is 0 Å². The summed E-state index contributed by atoms with van der Waals surface area (Å²) in [5, 5.41) is 20.6. The maximum absolute atomic E-state index is 11.4. The van der Waals surface area contributed by atoms with Gasteiger partial charge in [0.05, 0.1) is 6.10 Å². The van der Waals surface area contributed by atoms with Crippen molar-refractivity contribution in [1.82, 2.24) is 5.32 Å². The summed E-state index contributed by atoms with van der Waals surface area (Å²) >= 11 is 0. The summed E-state index contributed by atoms with van der Waals surface area (Å²) in [5.74, 6) is -2.55. The van der Waals surface area contributed by atoms with Crippen molar-refractivity contribution in [3.63, 3.8) is 0 Å². The van der Waals surface area contributed by atoms with E-state index in [0.717, 1.165) is 12.8 Å². The molecule has 1 fully saturated rings. The third kappa shape index (κ3) is 3.51. The number of rotatable bonds is 3. The predicted octanol–water partition coefficient (Wildman–Crippen LogP) is 0.127. The first kappa shape index (κ1) is 12.0. The number of aliphatic hydroxyl groups is 1. The molecule has 0 aliphatic heterocycles. The maximum Gasteiger partial charge on any atom is 0.315 e. The number of carbonyl (C=O) groups is 2. The summed E-state index contributed by atoms with van der Waals surface area (Å²) < 4.78 is 0. The minimum atomic E-state index is -1.11. The van der Waals surface area contributed by atoms with E-state index in [0.29, 0.717) is 12.8 Å². The van der Waals surface area contributed by atoms with E-state index in [9.17, 15) is 14.7 Å². The SMILES string of the molecule is CC(C(=O)O)C(=O)NC1CCC(O)CC1. The standard InChI is InChI=1S/C10H17NO4/c1-6(10(14)15)9(13)11-7-2-4-8(12)5-3-7/h6-8,12H,2-5H2,1H3,(H,11,13)(H,14,15). The van der Waals surface area contributed by atoms with E-state index in [2.05, 4.69) is 5.32 Å². The molecular weight excluding hydrogens is 198 g/mol. The second kappa shape index (κ2) is 5.11. The summed E-state index contributed by atoms with van der Waals surface area (Å²) in [5.41, 5.74) is 0. The Morgan fingerprint density at radius 3 is 2.27 bits per heavy atom. The maximum atomic E-state index is 11.4. The molecule has 0 saturated heterocycles. The topological polar surface area (TPSA) is 86.6 Å². The Hall–Kier alpha value is -1.10. The Balaban J connectivity index is 2.35. The first-order valence-corrected chi connectivity index (χ1v) is 5.22. The number of aliphatic carboxylic acids is 1. The molecule has 0 spiro atoms. The van der Waals surface area contributed by atoms with Gasteiger partial charge in [0.2, 0.25) is 5.91 Å². The molecule has 3 N–H and O–H groups in total. The number of nitrogens with one attached hydrogen (secondary N) is 1. The Bertz CT molecular complexity index is 246. The van der Waals surface area contributed by atoms with Crippen LogP contribution in [0.15, 0.2) is 0 Å². The van der Waals surface area contributed by atoms with Crippen LogP contribution >= 0.6 is 0 Å². The zero-order valence-corrected chi connectivity index (χ0v) is 8.77. The van der Waals surface area contributed by atoms with Crippen molar-refractivity contribution in [2.45, 2.75) is 44.8 Å². The lowest BCUT2D eigenvalue weighted by Gasteiger charge is -2.26. The molecule has 0 aromatic carbocycles. The average Bonchev–Trinajstić information content (AvgIpc) is 2.20. The van der Waals surface area contributed by atoms with Crippen molar-refractivity contribution in [2.75, 3.05) is 0 Å². The smallest absolute Gasteiger partial charge is 0.315 e. The van der Waals surface area contributed by atoms with Gasteiger partial charge in [-0.05, 0) is 32.6 Å². The highest BCUT2D eigenvalue weighted by Gasteiger charge is 2.25. The molecule has 0 bridgehead atoms. The molecule has 0 aromatic heterocycles. The zero-order valence-electron chi connectivity index (χ0n) is 8.77. The molecule has 5 nitrogen and oxygen atoms in total. The normalized spacial score (nSPS) is 28.1. The Labute approximate surface area is 88.5 Å². The predicted molar refractivity (Wildman–Crippen MR) is 53.2 cm³/mol. The zero-order chi connectivity index (χ0) is 11.4. The van der Waals surface area contributed by atoms with Crippen LogP contribution in [0.1, 0.15) is 32.6 Å². The van der Waals surface area contributed by atoms with Crippen LogP contribution in [0, 0.1) is 5.92 Å². The molecular formula is C10H17NO4. The number of hydrogen-bond donors (Lipinski definition) is 3. The number of amides is 1. The quantitative estimate of drug-likeness (QED) is 0.584. The second-order valence-electron chi connectivity index (χ2n) is 4.07. The van der Waals surface area contributed by atoms with Gasteiger partial charge in [-0.1, -0.05) is 0 Å². The monoisotopic (exact) mass is 215 g/mol. The van der Waals surface area contributed by atoms with Crippen LogP contribution in [0.5, 0.6) is 0 Å². The van der Waals surface area contributed by atoms with Crippen molar-refractivity contribution < 1.29 is 19.8 Å². The van der Waals surface area contributed by atoms with Gasteiger partial charge in [0.25, 0.3) is 0 Å². The van der Waals surface area contributed by atoms with Gasteiger partial charge in [-0.15, -0.1) is 0 Å². The van der Waals surface area contributed by atoms with E-state index >= 15 is 0 Å². The highest BCUT2D eigenvalue weighted by Crippen LogP contribution is 2.18. The molecule has 1 aliphatic carbocycles. The molecule has 0 heterocycles. The average molecular weight is 215 g/mol. The summed E-state index contributed by atoms with van der Waals surface area (Å²) in [6.45, 7) is 1.37. The van der Waals surface area contributed by atoms with Crippen LogP contribution in [-0.4, -0.2) is 34.2 Å². The third-order valence-corrected chi connectivity index (χ3v) is 2.81. The van der Waals surface area contributed by atoms with Crippen molar-refractivity contribution >= 4 is 11.9 Å². The molecule has 1 saturated carbocycles. The van der Waals surface area contributed by atoms with Gasteiger partial charge in [-0.25, -0.2) is 0 Å². The number of carbonyl (C=O) groups excluding carboxylic acids is 1. The summed E-state index contributed by atoms with van der Waals surface area (Å²) in [6, 6.07) is 0.0164. The molecule has 1 amide bonds. The molecule has 1 rings (SSSR count). The van der Waals surface area contributed by atoms with Gasteiger partial charge in [-0.3, -0.25) is 9.59 Å². The number of carboxylic acids is 1. The summed E-state index contributed by atoms with van der Waals surface area (Å²) in [6.07, 6.45) is 2.52. The van der Waals surface area contributed by atoms with Gasteiger partial charge in [0.15, 0.2) is 0 Å². The van der Waals surface area contributed by atoms with Crippen LogP contribution in [0.4, 0.5) is 0 Å². The van der Waals surface area contributed by atoms with Gasteiger partial charge in [0, 0.05) is 6.04 Å². The fourth-order valence-electron chi connectivity index (χ4n) is 1.66. The summed E-state index contributed by atoms with van der Waals surface area (Å²) in [4.78, 5) is 21.9. The molecule has 0 aromatic rings. The highest BCUT2D eigenvalue weighted by molar-refractivity contribution is 5.96. The van der Waals surface area contributed by atoms with Crippen LogP contribution in [-0.2, 0) is 9.59 Å². The van der Waals surface area contributed by atoms with Crippen LogP contribution in [0.2, 0.25) is 0 Å². The molecule has 0 radical (unpaired) electrons. The molecule has 86 valence electrons. The molecule has 15 heavy (non-hydrogen) atoms. The van der Waals surface area contributed by atoms with Gasteiger partial charge in [0.1, 0.15) is 5.92 Å². The van der Waals surface area contributed by atoms with Crippen molar-refractivity contribution in [3.8, 4) is 0 Å². The number of hydrogen-bond acceptors (Lipinski definition) is 3. The van der Waals surface area contributed by atoms with E-state index in [-0.39, 0.29) is 12.1 Å². The van der Waals surface area contributed by atoms with E-state index in [1.165, 1.54) is 6.92 Å². The Morgan fingerprint density at radius 2 is 1.80 bits per heavy atom. The first-order valence-electron chi connectivity index (χ1n) is 5.22. The van der Waals surface area contributed by atoms with Gasteiger partial charge < -0.3 is 15.5 Å². The lowest BCUT2D eigenvalue weighted by molar-refractivity contribution is -0.146. The lowest BCUT2D eigenvalue weighted by atomic mass is 9.93. The van der Waals surface area contributed by atoms with Gasteiger partial charge in [-0.2, -0.15) is 0 Å². The Morgan fingerprint density at radius 1 is 1.27 bits per heavy atom. The van der Waals surface area contributed by atoms with Crippen LogP contribution < -0.4 is 5.32 Å². The number of aliphatic hydroxyl groups excluding tert-OH is 1. The van der Waals surface area contributed by atoms with E-state index in [1.54, 1.807) is 0 Å². The van der Waals surface area contributed by atoms with Crippen LogP contribution in [0.3, 0.4) is 0 Å². The second-order valence-corrected chi connectivity index (χ2v) is 4.07. The van der Waals surface area contributed by atoms with E-state index in [4.69, 9.17) is 5.11 Å². The first-order chi connectivity index (χ1) is 7.00. The molecule has 1 aliphatic rings. The molecule has 1 unspecified atom stereocenters. The van der Waals surface area contributed by atoms with Crippen LogP contribution in [0.25, 0.3) is 0 Å². The minimum Gasteiger partial charge on any atom is -0.481 e. The highest BCUT2D eigenvalue weighted by atomic mass is 16.4. The number of carboxylic acid groups (broad SMARTS) is 1. The van der Waals surface area contributed by atoms with Crippen molar-refractivity contribution in [2.24, 2.45) is 5.92 Å². The molecule has 5 heteroatoms. The largest absolute Gasteiger partial charge is 0.481 e. The third-order valence-electron chi connectivity index (χ3n) is 2.81. The van der Waals surface area contributed by atoms with E-state index < -0.39 is 17.8 Å². The molecule has 1 atom stereocenters. The fraction of sp³-hybridized carbons (Fsp3) is 0.800. The van der Waals surface area contributed by atoms with Crippen molar-refractivity contribution in [3.05, 3.63) is 0 Å².